The zero-order valence-corrected chi connectivity index (χ0v) is 8.21. The van der Waals surface area contributed by atoms with E-state index in [1.807, 2.05) is 0 Å². The van der Waals surface area contributed by atoms with Gasteiger partial charge in [-0.3, -0.25) is 0 Å². The van der Waals surface area contributed by atoms with Crippen molar-refractivity contribution >= 4 is 0 Å². The quantitative estimate of drug-likeness (QED) is 0.639. The number of rotatable bonds is 1. The van der Waals surface area contributed by atoms with Crippen LogP contribution in [0.4, 0.5) is 4.39 Å². The van der Waals surface area contributed by atoms with E-state index in [2.05, 4.69) is 26.1 Å². The van der Waals surface area contributed by atoms with Gasteiger partial charge >= 0.3 is 0 Å². The first kappa shape index (κ1) is 8.49. The molecule has 0 aromatic heterocycles. The van der Waals surface area contributed by atoms with Crippen molar-refractivity contribution in [3.63, 3.8) is 0 Å². The van der Waals surface area contributed by atoms with Gasteiger partial charge in [0.15, 0.2) is 0 Å². The molecule has 0 aliphatic heterocycles. The molecule has 2 bridgehead atoms. The molecule has 3 aliphatic rings. The molecule has 2 heteroatoms. The van der Waals surface area contributed by atoms with Gasteiger partial charge in [-0.2, -0.15) is 0 Å². The topological polar surface area (TPSA) is 12.0 Å². The largest absolute Gasteiger partial charge is 0.306 e. The molecule has 12 heavy (non-hydrogen) atoms. The Morgan fingerprint density at radius 3 is 2.08 bits per heavy atom. The zero-order valence-electron chi connectivity index (χ0n) is 8.21. The Labute approximate surface area is 73.7 Å². The minimum Gasteiger partial charge on any atom is -0.306 e. The number of hydrogen-bond donors (Lipinski definition) is 1. The van der Waals surface area contributed by atoms with Crippen LogP contribution in [0.5, 0.6) is 0 Å². The third-order valence-electron chi connectivity index (χ3n) is 3.00. The summed E-state index contributed by atoms with van der Waals surface area (Å²) in [6.45, 7) is 6.45. The fourth-order valence-corrected chi connectivity index (χ4v) is 2.92. The van der Waals surface area contributed by atoms with Gasteiger partial charge in [0.25, 0.3) is 0 Å². The molecule has 70 valence electrons. The van der Waals surface area contributed by atoms with E-state index in [-0.39, 0.29) is 11.1 Å². The fourth-order valence-electron chi connectivity index (χ4n) is 2.92. The van der Waals surface area contributed by atoms with Crippen molar-refractivity contribution in [3.05, 3.63) is 0 Å². The summed E-state index contributed by atoms with van der Waals surface area (Å²) < 4.78 is 13.5. The van der Waals surface area contributed by atoms with Gasteiger partial charge in [-0.1, -0.05) is 0 Å². The summed E-state index contributed by atoms with van der Waals surface area (Å²) in [7, 11) is 0. The lowest BCUT2D eigenvalue weighted by molar-refractivity contribution is 0.0239. The van der Waals surface area contributed by atoms with Crippen LogP contribution in [0.3, 0.4) is 0 Å². The summed E-state index contributed by atoms with van der Waals surface area (Å²) in [5.74, 6) is 0. The third kappa shape index (κ3) is 1.26. The molecule has 0 spiro atoms. The van der Waals surface area contributed by atoms with Crippen LogP contribution in [0.2, 0.25) is 0 Å². The summed E-state index contributed by atoms with van der Waals surface area (Å²) >= 11 is 0. The lowest BCUT2D eigenvalue weighted by Gasteiger charge is -2.46. The Hall–Kier alpha value is -0.110. The van der Waals surface area contributed by atoms with Crippen molar-refractivity contribution in [2.24, 2.45) is 0 Å². The molecule has 0 unspecified atom stereocenters. The molecule has 0 amide bonds. The number of alkyl halides is 1. The Morgan fingerprint density at radius 2 is 1.75 bits per heavy atom. The Kier molecular flexibility index (Phi) is 1.44. The van der Waals surface area contributed by atoms with E-state index < -0.39 is 5.67 Å². The second kappa shape index (κ2) is 2.03. The van der Waals surface area contributed by atoms with Gasteiger partial charge in [-0.25, -0.2) is 4.39 Å². The van der Waals surface area contributed by atoms with Crippen molar-refractivity contribution < 1.29 is 4.39 Å². The van der Waals surface area contributed by atoms with Crippen LogP contribution in [0.1, 0.15) is 46.5 Å². The van der Waals surface area contributed by atoms with Crippen LogP contribution >= 0.6 is 0 Å². The van der Waals surface area contributed by atoms with E-state index in [4.69, 9.17) is 0 Å². The van der Waals surface area contributed by atoms with Crippen molar-refractivity contribution in [1.82, 2.24) is 5.32 Å². The number of fused-ring (bicyclic) bond motifs is 1. The van der Waals surface area contributed by atoms with Gasteiger partial charge in [0.05, 0.1) is 0 Å². The van der Waals surface area contributed by atoms with E-state index in [0.717, 1.165) is 25.7 Å². The lowest BCUT2D eigenvalue weighted by Crippen LogP contribution is -2.60. The van der Waals surface area contributed by atoms with E-state index in [0.29, 0.717) is 0 Å². The predicted molar refractivity (Wildman–Crippen MR) is 47.9 cm³/mol. The zero-order chi connectivity index (χ0) is 9.04. The second-order valence-corrected chi connectivity index (χ2v) is 5.66. The molecule has 0 atom stereocenters. The Balaban J connectivity index is 2.00. The highest BCUT2D eigenvalue weighted by atomic mass is 19.1. The molecule has 3 fully saturated rings. The maximum Gasteiger partial charge on any atom is 0.114 e. The normalized spacial score (nSPS) is 46.0. The first-order chi connectivity index (χ1) is 5.33. The highest BCUT2D eigenvalue weighted by Crippen LogP contribution is 2.57. The average Bonchev–Trinajstić information content (AvgIpc) is 2.13. The minimum atomic E-state index is -0.793. The third-order valence-corrected chi connectivity index (χ3v) is 3.00. The molecule has 0 aromatic carbocycles. The van der Waals surface area contributed by atoms with Gasteiger partial charge in [-0.15, -0.1) is 0 Å². The van der Waals surface area contributed by atoms with Crippen molar-refractivity contribution in [3.8, 4) is 0 Å². The van der Waals surface area contributed by atoms with Crippen LogP contribution in [0.15, 0.2) is 0 Å². The first-order valence-electron chi connectivity index (χ1n) is 4.81. The molecule has 1 N–H and O–H groups in total. The van der Waals surface area contributed by atoms with Crippen molar-refractivity contribution in [2.45, 2.75) is 63.2 Å². The molecule has 0 radical (unpaired) electrons. The molecular weight excluding hydrogens is 153 g/mol. The molecule has 3 saturated carbocycles. The van der Waals surface area contributed by atoms with E-state index in [1.54, 1.807) is 0 Å². The van der Waals surface area contributed by atoms with Gasteiger partial charge in [0, 0.05) is 11.1 Å². The Bertz CT molecular complexity index is 198. The van der Waals surface area contributed by atoms with Gasteiger partial charge < -0.3 is 5.32 Å². The van der Waals surface area contributed by atoms with Crippen molar-refractivity contribution in [1.29, 1.82) is 0 Å². The maximum absolute atomic E-state index is 13.5. The number of nitrogens with one attached hydrogen (secondary N) is 1. The van der Waals surface area contributed by atoms with E-state index in [1.165, 1.54) is 0 Å². The summed E-state index contributed by atoms with van der Waals surface area (Å²) in [6.07, 6.45) is 3.30. The van der Waals surface area contributed by atoms with Gasteiger partial charge in [0.2, 0.25) is 0 Å². The highest BCUT2D eigenvalue weighted by Gasteiger charge is 2.62. The molecule has 0 aromatic rings. The highest BCUT2D eigenvalue weighted by molar-refractivity contribution is 5.18. The molecule has 3 rings (SSSR count). The fraction of sp³-hybridized carbons (Fsp3) is 1.00. The van der Waals surface area contributed by atoms with Crippen LogP contribution in [0, 0.1) is 0 Å². The molecule has 3 aliphatic carbocycles. The smallest absolute Gasteiger partial charge is 0.114 e. The predicted octanol–water partition coefficient (Wildman–Crippen LogP) is 2.41. The monoisotopic (exact) mass is 171 g/mol. The summed E-state index contributed by atoms with van der Waals surface area (Å²) in [4.78, 5) is 0. The van der Waals surface area contributed by atoms with Crippen LogP contribution in [-0.2, 0) is 0 Å². The van der Waals surface area contributed by atoms with Gasteiger partial charge in [0.1, 0.15) is 5.67 Å². The van der Waals surface area contributed by atoms with Crippen LogP contribution < -0.4 is 5.32 Å². The molecule has 0 saturated heterocycles. The lowest BCUT2D eigenvalue weighted by atomic mass is 9.73. The maximum atomic E-state index is 13.5. The van der Waals surface area contributed by atoms with Crippen LogP contribution in [-0.4, -0.2) is 16.7 Å². The molecular formula is C10H18FN. The SMILES string of the molecule is CC(C)(C)NC12CCC(F)(C1)C2. The van der Waals surface area contributed by atoms with E-state index >= 15 is 0 Å². The molecule has 0 heterocycles. The van der Waals surface area contributed by atoms with Gasteiger partial charge in [-0.05, 0) is 46.5 Å². The molecule has 1 nitrogen and oxygen atoms in total. The Morgan fingerprint density at radius 1 is 1.17 bits per heavy atom. The standard InChI is InChI=1S/C10H18FN/c1-8(2,3)12-10-5-4-9(11,6-10)7-10/h12H,4-7H2,1-3H3. The first-order valence-corrected chi connectivity index (χ1v) is 4.81. The minimum absolute atomic E-state index is 0.131. The van der Waals surface area contributed by atoms with Crippen LogP contribution in [0.25, 0.3) is 0 Å². The van der Waals surface area contributed by atoms with E-state index in [9.17, 15) is 4.39 Å². The second-order valence-electron chi connectivity index (χ2n) is 5.66. The van der Waals surface area contributed by atoms with Crippen molar-refractivity contribution in [2.75, 3.05) is 0 Å². The number of halogens is 1. The summed E-state index contributed by atoms with van der Waals surface area (Å²) in [5.41, 5.74) is -0.503. The summed E-state index contributed by atoms with van der Waals surface area (Å²) in [6, 6.07) is 0. The number of hydrogen-bond acceptors (Lipinski definition) is 1. The average molecular weight is 171 g/mol. The summed E-state index contributed by atoms with van der Waals surface area (Å²) in [5, 5.41) is 3.55.